The standard InChI is InChI=1S/C15H18ClN3O/c1-4-11-15(16)13(19(5-2)18-11)9-14(20)12-8-10(3)6-7-17-12/h6-8H,4-5,9H2,1-3H3. The summed E-state index contributed by atoms with van der Waals surface area (Å²) >= 11 is 6.32. The van der Waals surface area contributed by atoms with Gasteiger partial charge in [0.25, 0.3) is 0 Å². The van der Waals surface area contributed by atoms with Crippen LogP contribution in [0.5, 0.6) is 0 Å². The van der Waals surface area contributed by atoms with Crippen LogP contribution in [0.1, 0.15) is 41.3 Å². The topological polar surface area (TPSA) is 47.8 Å². The van der Waals surface area contributed by atoms with Gasteiger partial charge in [-0.15, -0.1) is 0 Å². The highest BCUT2D eigenvalue weighted by Crippen LogP contribution is 2.23. The van der Waals surface area contributed by atoms with Gasteiger partial charge in [0.1, 0.15) is 5.69 Å². The van der Waals surface area contributed by atoms with Gasteiger partial charge in [-0.2, -0.15) is 5.10 Å². The van der Waals surface area contributed by atoms with Crippen LogP contribution in [-0.2, 0) is 19.4 Å². The van der Waals surface area contributed by atoms with Crippen LogP contribution in [0.15, 0.2) is 18.3 Å². The Labute approximate surface area is 123 Å². The first-order valence-corrected chi connectivity index (χ1v) is 7.14. The van der Waals surface area contributed by atoms with Gasteiger partial charge in [-0.25, -0.2) is 0 Å². The van der Waals surface area contributed by atoms with Gasteiger partial charge in [-0.05, 0) is 38.0 Å². The van der Waals surface area contributed by atoms with E-state index in [-0.39, 0.29) is 12.2 Å². The van der Waals surface area contributed by atoms with E-state index < -0.39 is 0 Å². The van der Waals surface area contributed by atoms with Gasteiger partial charge >= 0.3 is 0 Å². The van der Waals surface area contributed by atoms with E-state index in [1.807, 2.05) is 26.8 Å². The number of halogens is 1. The third-order valence-corrected chi connectivity index (χ3v) is 3.66. The highest BCUT2D eigenvalue weighted by Gasteiger charge is 2.18. The molecule has 0 saturated heterocycles. The lowest BCUT2D eigenvalue weighted by Gasteiger charge is -2.05. The molecule has 2 aromatic heterocycles. The van der Waals surface area contributed by atoms with Gasteiger partial charge < -0.3 is 0 Å². The summed E-state index contributed by atoms with van der Waals surface area (Å²) in [5.41, 5.74) is 3.11. The Morgan fingerprint density at radius 2 is 2.15 bits per heavy atom. The molecule has 2 rings (SSSR count). The van der Waals surface area contributed by atoms with E-state index in [9.17, 15) is 4.79 Å². The predicted octanol–water partition coefficient (Wildman–Crippen LogP) is 3.25. The molecule has 2 aromatic rings. The predicted molar refractivity (Wildman–Crippen MR) is 79.3 cm³/mol. The Kier molecular flexibility index (Phi) is 4.55. The van der Waals surface area contributed by atoms with Gasteiger partial charge in [-0.3, -0.25) is 14.5 Å². The molecule has 0 N–H and O–H groups in total. The Morgan fingerprint density at radius 1 is 1.40 bits per heavy atom. The van der Waals surface area contributed by atoms with Crippen molar-refractivity contribution in [3.05, 3.63) is 46.0 Å². The molecule has 0 unspecified atom stereocenters. The summed E-state index contributed by atoms with van der Waals surface area (Å²) in [7, 11) is 0. The number of aromatic nitrogens is 3. The van der Waals surface area contributed by atoms with Gasteiger partial charge in [0.05, 0.1) is 22.8 Å². The summed E-state index contributed by atoms with van der Waals surface area (Å²) < 4.78 is 1.80. The van der Waals surface area contributed by atoms with Crippen LogP contribution in [0.3, 0.4) is 0 Å². The number of carbonyl (C=O) groups is 1. The molecule has 0 aromatic carbocycles. The van der Waals surface area contributed by atoms with Crippen molar-refractivity contribution in [3.8, 4) is 0 Å². The molecule has 4 nitrogen and oxygen atoms in total. The Hall–Kier alpha value is -1.68. The number of hydrogen-bond donors (Lipinski definition) is 0. The molecule has 0 bridgehead atoms. The number of rotatable bonds is 5. The van der Waals surface area contributed by atoms with Crippen LogP contribution in [0.2, 0.25) is 5.02 Å². The fourth-order valence-corrected chi connectivity index (χ4v) is 2.45. The van der Waals surface area contributed by atoms with Crippen LogP contribution in [0.25, 0.3) is 0 Å². The van der Waals surface area contributed by atoms with Crippen LogP contribution < -0.4 is 0 Å². The summed E-state index contributed by atoms with van der Waals surface area (Å²) in [4.78, 5) is 16.4. The third-order valence-electron chi connectivity index (χ3n) is 3.22. The number of Topliss-reactive ketones (excluding diaryl/α,β-unsaturated/α-hetero) is 1. The Balaban J connectivity index is 2.30. The van der Waals surface area contributed by atoms with Crippen molar-refractivity contribution >= 4 is 17.4 Å². The highest BCUT2D eigenvalue weighted by atomic mass is 35.5. The largest absolute Gasteiger partial charge is 0.292 e. The van der Waals surface area contributed by atoms with Gasteiger partial charge in [0.2, 0.25) is 0 Å². The molecule has 0 atom stereocenters. The maximum absolute atomic E-state index is 12.3. The van der Waals surface area contributed by atoms with Crippen LogP contribution in [-0.4, -0.2) is 20.5 Å². The molecule has 20 heavy (non-hydrogen) atoms. The van der Waals surface area contributed by atoms with E-state index in [4.69, 9.17) is 11.6 Å². The minimum absolute atomic E-state index is 0.0344. The van der Waals surface area contributed by atoms with E-state index in [0.29, 0.717) is 17.3 Å². The van der Waals surface area contributed by atoms with E-state index in [1.165, 1.54) is 0 Å². The van der Waals surface area contributed by atoms with Crippen molar-refractivity contribution < 1.29 is 4.79 Å². The number of nitrogens with zero attached hydrogens (tertiary/aromatic N) is 3. The van der Waals surface area contributed by atoms with E-state index in [1.54, 1.807) is 16.9 Å². The molecule has 0 fully saturated rings. The normalized spacial score (nSPS) is 10.8. The number of pyridine rings is 1. The fraction of sp³-hybridized carbons (Fsp3) is 0.400. The number of hydrogen-bond acceptors (Lipinski definition) is 3. The lowest BCUT2D eigenvalue weighted by molar-refractivity contribution is 0.0985. The lowest BCUT2D eigenvalue weighted by atomic mass is 10.1. The second kappa shape index (κ2) is 6.18. The van der Waals surface area contributed by atoms with Gasteiger partial charge in [-0.1, -0.05) is 18.5 Å². The maximum atomic E-state index is 12.3. The molecule has 0 aliphatic rings. The van der Waals surface area contributed by atoms with Crippen LogP contribution in [0, 0.1) is 6.92 Å². The van der Waals surface area contributed by atoms with Crippen molar-refractivity contribution in [2.45, 2.75) is 40.2 Å². The molecule has 106 valence electrons. The van der Waals surface area contributed by atoms with Crippen molar-refractivity contribution in [2.24, 2.45) is 0 Å². The molecule has 2 heterocycles. The SMILES string of the molecule is CCc1nn(CC)c(CC(=O)c2cc(C)ccn2)c1Cl. The number of ketones is 1. The molecule has 0 amide bonds. The molecule has 0 spiro atoms. The highest BCUT2D eigenvalue weighted by molar-refractivity contribution is 6.32. The fourth-order valence-electron chi connectivity index (χ4n) is 2.12. The Bertz CT molecular complexity index is 634. The van der Waals surface area contributed by atoms with Crippen LogP contribution >= 0.6 is 11.6 Å². The van der Waals surface area contributed by atoms with E-state index in [2.05, 4.69) is 10.1 Å². The molecule has 0 radical (unpaired) electrons. The molecular formula is C15H18ClN3O. The molecular weight excluding hydrogens is 274 g/mol. The monoisotopic (exact) mass is 291 g/mol. The van der Waals surface area contributed by atoms with E-state index >= 15 is 0 Å². The zero-order valence-electron chi connectivity index (χ0n) is 12.0. The number of aryl methyl sites for hydroxylation is 3. The van der Waals surface area contributed by atoms with Gasteiger partial charge in [0.15, 0.2) is 5.78 Å². The zero-order chi connectivity index (χ0) is 14.7. The zero-order valence-corrected chi connectivity index (χ0v) is 12.7. The molecule has 0 aliphatic heterocycles. The van der Waals surface area contributed by atoms with Crippen molar-refractivity contribution in [1.82, 2.24) is 14.8 Å². The summed E-state index contributed by atoms with van der Waals surface area (Å²) in [5, 5.41) is 5.03. The van der Waals surface area contributed by atoms with Gasteiger partial charge in [0, 0.05) is 12.7 Å². The molecule has 0 aliphatic carbocycles. The first-order valence-electron chi connectivity index (χ1n) is 6.76. The molecule has 5 heteroatoms. The average Bonchev–Trinajstić information content (AvgIpc) is 2.75. The second-order valence-electron chi connectivity index (χ2n) is 4.70. The van der Waals surface area contributed by atoms with Crippen LogP contribution in [0.4, 0.5) is 0 Å². The minimum atomic E-state index is -0.0344. The Morgan fingerprint density at radius 3 is 2.75 bits per heavy atom. The first-order chi connectivity index (χ1) is 9.56. The third kappa shape index (κ3) is 2.90. The minimum Gasteiger partial charge on any atom is -0.292 e. The maximum Gasteiger partial charge on any atom is 0.187 e. The summed E-state index contributed by atoms with van der Waals surface area (Å²) in [6.07, 6.45) is 2.64. The van der Waals surface area contributed by atoms with Crippen molar-refractivity contribution in [3.63, 3.8) is 0 Å². The summed E-state index contributed by atoms with van der Waals surface area (Å²) in [6.45, 7) is 6.63. The van der Waals surface area contributed by atoms with E-state index in [0.717, 1.165) is 23.4 Å². The smallest absolute Gasteiger partial charge is 0.187 e. The lowest BCUT2D eigenvalue weighted by Crippen LogP contribution is -2.11. The molecule has 0 saturated carbocycles. The van der Waals surface area contributed by atoms with Crippen molar-refractivity contribution in [2.75, 3.05) is 0 Å². The quantitative estimate of drug-likeness (QED) is 0.795. The second-order valence-corrected chi connectivity index (χ2v) is 5.07. The number of carbonyl (C=O) groups excluding carboxylic acids is 1. The first kappa shape index (κ1) is 14.7. The summed E-state index contributed by atoms with van der Waals surface area (Å²) in [6, 6.07) is 3.67. The summed E-state index contributed by atoms with van der Waals surface area (Å²) in [5.74, 6) is -0.0344. The average molecular weight is 292 g/mol. The van der Waals surface area contributed by atoms with Crippen molar-refractivity contribution in [1.29, 1.82) is 0 Å².